The van der Waals surface area contributed by atoms with Crippen LogP contribution in [0.15, 0.2) is 30.3 Å². The lowest BCUT2D eigenvalue weighted by Crippen LogP contribution is -2.44. The molecule has 2 amide bonds. The Hall–Kier alpha value is -1.49. The minimum Gasteiger partial charge on any atom is -0.339 e. The second-order valence-corrected chi connectivity index (χ2v) is 6.54. The van der Waals surface area contributed by atoms with Crippen LogP contribution in [0.1, 0.15) is 32.6 Å². The van der Waals surface area contributed by atoms with Gasteiger partial charge in [-0.25, -0.2) is 0 Å². The zero-order chi connectivity index (χ0) is 15.8. The number of anilines is 1. The Morgan fingerprint density at radius 2 is 2.00 bits per heavy atom. The first-order valence-electron chi connectivity index (χ1n) is 7.93. The molecule has 0 saturated carbocycles. The number of nitrogens with zero attached hydrogens (tertiary/aromatic N) is 1. The summed E-state index contributed by atoms with van der Waals surface area (Å²) >= 11 is 1.39. The molecule has 1 aliphatic rings. The van der Waals surface area contributed by atoms with E-state index < -0.39 is 0 Å². The van der Waals surface area contributed by atoms with E-state index in [0.29, 0.717) is 17.5 Å². The van der Waals surface area contributed by atoms with Gasteiger partial charge in [0.25, 0.3) is 0 Å². The number of hydrogen-bond acceptors (Lipinski definition) is 3. The minimum absolute atomic E-state index is 0.0605. The summed E-state index contributed by atoms with van der Waals surface area (Å²) in [6, 6.07) is 9.77. The van der Waals surface area contributed by atoms with Gasteiger partial charge in [-0.1, -0.05) is 25.1 Å². The first-order chi connectivity index (χ1) is 10.7. The normalized spacial score (nSPS) is 18.0. The van der Waals surface area contributed by atoms with Crippen LogP contribution in [-0.2, 0) is 9.59 Å². The number of carbonyl (C=O) groups excluding carboxylic acids is 2. The molecule has 0 spiro atoms. The molecule has 22 heavy (non-hydrogen) atoms. The van der Waals surface area contributed by atoms with Crippen molar-refractivity contribution in [3.8, 4) is 0 Å². The molecule has 0 aromatic heterocycles. The molecular weight excluding hydrogens is 296 g/mol. The Morgan fingerprint density at radius 1 is 1.23 bits per heavy atom. The smallest absolute Gasteiger partial charge is 0.234 e. The van der Waals surface area contributed by atoms with E-state index in [0.717, 1.165) is 31.5 Å². The Balaban J connectivity index is 1.71. The van der Waals surface area contributed by atoms with Crippen molar-refractivity contribution < 1.29 is 9.59 Å². The number of para-hydroxylation sites is 1. The van der Waals surface area contributed by atoms with E-state index in [1.807, 2.05) is 35.2 Å². The second kappa shape index (κ2) is 8.83. The van der Waals surface area contributed by atoms with Crippen molar-refractivity contribution in [2.24, 2.45) is 0 Å². The number of piperidine rings is 1. The van der Waals surface area contributed by atoms with E-state index in [1.165, 1.54) is 18.2 Å². The van der Waals surface area contributed by atoms with E-state index >= 15 is 0 Å². The summed E-state index contributed by atoms with van der Waals surface area (Å²) in [6.07, 6.45) is 4.45. The van der Waals surface area contributed by atoms with Gasteiger partial charge in [-0.2, -0.15) is 0 Å². The maximum absolute atomic E-state index is 12.3. The zero-order valence-corrected chi connectivity index (χ0v) is 13.9. The summed E-state index contributed by atoms with van der Waals surface area (Å²) in [5, 5.41) is 2.83. The second-order valence-electron chi connectivity index (χ2n) is 5.55. The summed E-state index contributed by atoms with van der Waals surface area (Å²) in [5.74, 6) is 0.808. The molecule has 120 valence electrons. The fourth-order valence-corrected chi connectivity index (χ4v) is 3.49. The van der Waals surface area contributed by atoms with Crippen molar-refractivity contribution in [3.05, 3.63) is 30.3 Å². The molecule has 1 fully saturated rings. The maximum Gasteiger partial charge on any atom is 0.234 e. The van der Waals surface area contributed by atoms with Crippen LogP contribution in [0.2, 0.25) is 0 Å². The van der Waals surface area contributed by atoms with Crippen LogP contribution in [0.3, 0.4) is 0 Å². The van der Waals surface area contributed by atoms with Crippen molar-refractivity contribution in [2.45, 2.75) is 38.6 Å². The van der Waals surface area contributed by atoms with Crippen LogP contribution >= 0.6 is 11.8 Å². The summed E-state index contributed by atoms with van der Waals surface area (Å²) in [5.41, 5.74) is 0.793. The molecule has 1 unspecified atom stereocenters. The highest BCUT2D eigenvalue weighted by molar-refractivity contribution is 8.00. The topological polar surface area (TPSA) is 49.4 Å². The van der Waals surface area contributed by atoms with Gasteiger partial charge in [0.1, 0.15) is 0 Å². The van der Waals surface area contributed by atoms with E-state index in [2.05, 4.69) is 12.2 Å². The Morgan fingerprint density at radius 3 is 2.73 bits per heavy atom. The van der Waals surface area contributed by atoms with E-state index in [1.54, 1.807) is 0 Å². The van der Waals surface area contributed by atoms with Gasteiger partial charge in [0.05, 0.1) is 11.5 Å². The van der Waals surface area contributed by atoms with Crippen LogP contribution in [0.25, 0.3) is 0 Å². The number of likely N-dealkylation sites (tertiary alicyclic amines) is 1. The number of nitrogens with one attached hydrogen (secondary N) is 1. The van der Waals surface area contributed by atoms with Crippen molar-refractivity contribution in [3.63, 3.8) is 0 Å². The minimum atomic E-state index is -0.0605. The van der Waals surface area contributed by atoms with Crippen LogP contribution in [-0.4, -0.2) is 40.8 Å². The first-order valence-corrected chi connectivity index (χ1v) is 9.08. The van der Waals surface area contributed by atoms with Crippen molar-refractivity contribution >= 4 is 29.3 Å². The maximum atomic E-state index is 12.3. The third-order valence-electron chi connectivity index (χ3n) is 3.93. The average Bonchev–Trinajstić information content (AvgIpc) is 2.55. The molecule has 5 heteroatoms. The highest BCUT2D eigenvalue weighted by Gasteiger charge is 2.24. The van der Waals surface area contributed by atoms with Gasteiger partial charge < -0.3 is 10.2 Å². The summed E-state index contributed by atoms with van der Waals surface area (Å²) in [4.78, 5) is 26.1. The van der Waals surface area contributed by atoms with Gasteiger partial charge in [0.15, 0.2) is 0 Å². The lowest BCUT2D eigenvalue weighted by atomic mass is 10.0. The molecule has 0 aliphatic carbocycles. The third-order valence-corrected chi connectivity index (χ3v) is 4.85. The predicted octanol–water partition coefficient (Wildman–Crippen LogP) is 3.15. The molecule has 1 aliphatic heterocycles. The van der Waals surface area contributed by atoms with Gasteiger partial charge in [0.2, 0.25) is 11.8 Å². The molecule has 2 rings (SSSR count). The van der Waals surface area contributed by atoms with Gasteiger partial charge in [-0.05, 0) is 37.8 Å². The van der Waals surface area contributed by atoms with Gasteiger partial charge >= 0.3 is 0 Å². The molecule has 1 aromatic carbocycles. The molecule has 0 radical (unpaired) electrons. The van der Waals surface area contributed by atoms with Gasteiger partial charge in [0, 0.05) is 18.3 Å². The monoisotopic (exact) mass is 320 g/mol. The highest BCUT2D eigenvalue weighted by atomic mass is 32.2. The fourth-order valence-electron chi connectivity index (χ4n) is 2.79. The van der Waals surface area contributed by atoms with E-state index in [9.17, 15) is 9.59 Å². The van der Waals surface area contributed by atoms with Crippen LogP contribution < -0.4 is 5.32 Å². The Bertz CT molecular complexity index is 493. The Kier molecular flexibility index (Phi) is 6.77. The number of hydrogen-bond donors (Lipinski definition) is 1. The average molecular weight is 320 g/mol. The first kappa shape index (κ1) is 16.9. The number of amides is 2. The largest absolute Gasteiger partial charge is 0.339 e. The van der Waals surface area contributed by atoms with Gasteiger partial charge in [-0.3, -0.25) is 9.59 Å². The summed E-state index contributed by atoms with van der Waals surface area (Å²) in [7, 11) is 0. The van der Waals surface area contributed by atoms with Crippen LogP contribution in [0.5, 0.6) is 0 Å². The summed E-state index contributed by atoms with van der Waals surface area (Å²) < 4.78 is 0. The molecule has 4 nitrogen and oxygen atoms in total. The molecule has 1 N–H and O–H groups in total. The van der Waals surface area contributed by atoms with Crippen molar-refractivity contribution in [1.82, 2.24) is 4.90 Å². The third kappa shape index (κ3) is 5.05. The van der Waals surface area contributed by atoms with Crippen molar-refractivity contribution in [2.75, 3.05) is 23.4 Å². The SMILES string of the molecule is CCC1CCCCN1C(=O)CSCC(=O)Nc1ccccc1. The predicted molar refractivity (Wildman–Crippen MR) is 92.0 cm³/mol. The van der Waals surface area contributed by atoms with E-state index in [-0.39, 0.29) is 11.8 Å². The highest BCUT2D eigenvalue weighted by Crippen LogP contribution is 2.20. The number of thioether (sulfide) groups is 1. The summed E-state index contributed by atoms with van der Waals surface area (Å²) in [6.45, 7) is 3.00. The fraction of sp³-hybridized carbons (Fsp3) is 0.529. The Labute approximate surface area is 136 Å². The molecule has 1 heterocycles. The number of benzene rings is 1. The number of rotatable bonds is 6. The van der Waals surface area contributed by atoms with Crippen LogP contribution in [0, 0.1) is 0 Å². The van der Waals surface area contributed by atoms with Crippen LogP contribution in [0.4, 0.5) is 5.69 Å². The lowest BCUT2D eigenvalue weighted by Gasteiger charge is -2.35. The molecule has 0 bridgehead atoms. The quantitative estimate of drug-likeness (QED) is 0.876. The molecule has 1 atom stereocenters. The van der Waals surface area contributed by atoms with E-state index in [4.69, 9.17) is 0 Å². The molecule has 1 saturated heterocycles. The standard InChI is InChI=1S/C17H24N2O2S/c1-2-15-10-6-7-11-19(15)17(21)13-22-12-16(20)18-14-8-4-3-5-9-14/h3-5,8-9,15H,2,6-7,10-13H2,1H3,(H,18,20). The zero-order valence-electron chi connectivity index (χ0n) is 13.1. The molecular formula is C17H24N2O2S. The lowest BCUT2D eigenvalue weighted by molar-refractivity contribution is -0.132. The van der Waals surface area contributed by atoms with Crippen molar-refractivity contribution in [1.29, 1.82) is 0 Å². The molecule has 1 aromatic rings. The van der Waals surface area contributed by atoms with Gasteiger partial charge in [-0.15, -0.1) is 11.8 Å². The number of carbonyl (C=O) groups is 2.